The number of allylic oxidation sites excluding steroid dienone is 2. The number of amides is 1. The maximum absolute atomic E-state index is 13.7. The molecule has 1 amide bonds. The van der Waals surface area contributed by atoms with Crippen LogP contribution >= 0.6 is 0 Å². The summed E-state index contributed by atoms with van der Waals surface area (Å²) in [6.45, 7) is 1.76. The molecule has 4 N–H and O–H groups in total. The standard InChI is InChI=1S/C11H12F2N2O/c1-2-3-4-6-8(14)5-7(12)9(10(6)13)11(15)16/h2-3,5H,4,14H2,1H3,(H2,15,16). The third-order valence-electron chi connectivity index (χ3n) is 2.16. The summed E-state index contributed by atoms with van der Waals surface area (Å²) in [5.41, 5.74) is 9.66. The molecule has 0 aliphatic carbocycles. The number of halogens is 2. The van der Waals surface area contributed by atoms with E-state index in [1.54, 1.807) is 19.1 Å². The number of benzene rings is 1. The predicted molar refractivity (Wildman–Crippen MR) is 57.8 cm³/mol. The van der Waals surface area contributed by atoms with Gasteiger partial charge in [0.15, 0.2) is 0 Å². The maximum atomic E-state index is 13.7. The molecule has 86 valence electrons. The van der Waals surface area contributed by atoms with Gasteiger partial charge in [-0.3, -0.25) is 4.79 Å². The Morgan fingerprint density at radius 1 is 1.50 bits per heavy atom. The zero-order valence-corrected chi connectivity index (χ0v) is 8.76. The van der Waals surface area contributed by atoms with Crippen LogP contribution in [0.1, 0.15) is 22.8 Å². The molecule has 0 spiro atoms. The second-order valence-corrected chi connectivity index (χ2v) is 3.25. The van der Waals surface area contributed by atoms with Gasteiger partial charge in [0.2, 0.25) is 0 Å². The van der Waals surface area contributed by atoms with E-state index in [0.717, 1.165) is 6.07 Å². The van der Waals surface area contributed by atoms with Crippen molar-refractivity contribution in [1.82, 2.24) is 0 Å². The summed E-state index contributed by atoms with van der Waals surface area (Å²) in [6.07, 6.45) is 3.54. The van der Waals surface area contributed by atoms with E-state index < -0.39 is 23.1 Å². The van der Waals surface area contributed by atoms with Gasteiger partial charge in [0.05, 0.1) is 0 Å². The highest BCUT2D eigenvalue weighted by molar-refractivity contribution is 5.94. The van der Waals surface area contributed by atoms with Gasteiger partial charge >= 0.3 is 0 Å². The molecule has 3 nitrogen and oxygen atoms in total. The first-order chi connectivity index (χ1) is 7.49. The van der Waals surface area contributed by atoms with Crippen LogP contribution < -0.4 is 11.5 Å². The molecule has 1 aromatic rings. The van der Waals surface area contributed by atoms with E-state index in [-0.39, 0.29) is 17.7 Å². The highest BCUT2D eigenvalue weighted by Crippen LogP contribution is 2.23. The molecule has 0 unspecified atom stereocenters. The molecular weight excluding hydrogens is 214 g/mol. The third-order valence-corrected chi connectivity index (χ3v) is 2.16. The topological polar surface area (TPSA) is 69.1 Å². The largest absolute Gasteiger partial charge is 0.398 e. The summed E-state index contributed by atoms with van der Waals surface area (Å²) in [5, 5.41) is 0. The summed E-state index contributed by atoms with van der Waals surface area (Å²) in [6, 6.07) is 0.905. The summed E-state index contributed by atoms with van der Waals surface area (Å²) in [5.74, 6) is -3.16. The molecule has 0 aliphatic heterocycles. The number of nitrogen functional groups attached to an aromatic ring is 1. The second kappa shape index (κ2) is 4.74. The van der Waals surface area contributed by atoms with Crippen LogP contribution in [-0.4, -0.2) is 5.91 Å². The Balaban J connectivity index is 3.38. The zero-order valence-electron chi connectivity index (χ0n) is 8.76. The van der Waals surface area contributed by atoms with Gasteiger partial charge in [-0.25, -0.2) is 8.78 Å². The van der Waals surface area contributed by atoms with Gasteiger partial charge in [0, 0.05) is 11.3 Å². The molecule has 0 atom stereocenters. The van der Waals surface area contributed by atoms with Gasteiger partial charge < -0.3 is 11.5 Å². The fourth-order valence-corrected chi connectivity index (χ4v) is 1.35. The van der Waals surface area contributed by atoms with E-state index in [0.29, 0.717) is 0 Å². The van der Waals surface area contributed by atoms with Crippen molar-refractivity contribution in [3.05, 3.63) is 41.0 Å². The van der Waals surface area contributed by atoms with Crippen molar-refractivity contribution in [3.8, 4) is 0 Å². The first kappa shape index (κ1) is 12.2. The van der Waals surface area contributed by atoms with Crippen LogP contribution in [0.25, 0.3) is 0 Å². The van der Waals surface area contributed by atoms with E-state index in [1.807, 2.05) is 0 Å². The second-order valence-electron chi connectivity index (χ2n) is 3.25. The normalized spacial score (nSPS) is 10.9. The molecule has 0 aliphatic rings. The number of carbonyl (C=O) groups excluding carboxylic acids is 1. The number of carbonyl (C=O) groups is 1. The van der Waals surface area contributed by atoms with E-state index in [4.69, 9.17) is 11.5 Å². The van der Waals surface area contributed by atoms with Crippen LogP contribution in [0.2, 0.25) is 0 Å². The van der Waals surface area contributed by atoms with E-state index in [9.17, 15) is 13.6 Å². The van der Waals surface area contributed by atoms with Gasteiger partial charge in [0.25, 0.3) is 5.91 Å². The smallest absolute Gasteiger partial charge is 0.254 e. The van der Waals surface area contributed by atoms with Crippen molar-refractivity contribution in [2.45, 2.75) is 13.3 Å². The zero-order chi connectivity index (χ0) is 12.3. The summed E-state index contributed by atoms with van der Waals surface area (Å²) in [4.78, 5) is 10.9. The third kappa shape index (κ3) is 2.18. The number of hydrogen-bond donors (Lipinski definition) is 2. The van der Waals surface area contributed by atoms with E-state index >= 15 is 0 Å². The number of rotatable bonds is 3. The molecule has 0 fully saturated rings. The van der Waals surface area contributed by atoms with E-state index in [2.05, 4.69) is 0 Å². The van der Waals surface area contributed by atoms with E-state index in [1.165, 1.54) is 0 Å². The minimum Gasteiger partial charge on any atom is -0.398 e. The van der Waals surface area contributed by atoms with Crippen molar-refractivity contribution in [3.63, 3.8) is 0 Å². The minimum atomic E-state index is -1.14. The summed E-state index contributed by atoms with van der Waals surface area (Å²) < 4.78 is 26.9. The predicted octanol–water partition coefficient (Wildman–Crippen LogP) is 1.76. The van der Waals surface area contributed by atoms with Crippen molar-refractivity contribution in [1.29, 1.82) is 0 Å². The van der Waals surface area contributed by atoms with Gasteiger partial charge in [-0.05, 0) is 19.4 Å². The van der Waals surface area contributed by atoms with Gasteiger partial charge in [0.1, 0.15) is 17.2 Å². The van der Waals surface area contributed by atoms with Crippen LogP contribution in [0.3, 0.4) is 0 Å². The average molecular weight is 226 g/mol. The highest BCUT2D eigenvalue weighted by atomic mass is 19.1. The molecule has 0 heterocycles. The fraction of sp³-hybridized carbons (Fsp3) is 0.182. The van der Waals surface area contributed by atoms with Crippen molar-refractivity contribution in [2.75, 3.05) is 5.73 Å². The van der Waals surface area contributed by atoms with Crippen molar-refractivity contribution in [2.24, 2.45) is 5.73 Å². The fourth-order valence-electron chi connectivity index (χ4n) is 1.35. The molecule has 0 aromatic heterocycles. The lowest BCUT2D eigenvalue weighted by Crippen LogP contribution is -2.17. The number of hydrogen-bond acceptors (Lipinski definition) is 2. The monoisotopic (exact) mass is 226 g/mol. The first-order valence-corrected chi connectivity index (χ1v) is 4.66. The lowest BCUT2D eigenvalue weighted by atomic mass is 10.0. The Labute approximate surface area is 91.7 Å². The molecule has 0 saturated heterocycles. The first-order valence-electron chi connectivity index (χ1n) is 4.66. The molecule has 16 heavy (non-hydrogen) atoms. The Kier molecular flexibility index (Phi) is 3.60. The number of primary amides is 1. The number of anilines is 1. The van der Waals surface area contributed by atoms with Crippen LogP contribution in [-0.2, 0) is 6.42 Å². The quantitative estimate of drug-likeness (QED) is 0.609. The average Bonchev–Trinajstić information content (AvgIpc) is 2.16. The molecule has 0 radical (unpaired) electrons. The van der Waals surface area contributed by atoms with Crippen molar-refractivity contribution >= 4 is 11.6 Å². The Hall–Kier alpha value is -1.91. The maximum Gasteiger partial charge on any atom is 0.254 e. The van der Waals surface area contributed by atoms with Crippen LogP contribution in [0.4, 0.5) is 14.5 Å². The van der Waals surface area contributed by atoms with Gasteiger partial charge in [-0.2, -0.15) is 0 Å². The van der Waals surface area contributed by atoms with Crippen molar-refractivity contribution < 1.29 is 13.6 Å². The lowest BCUT2D eigenvalue weighted by molar-refractivity contribution is 0.0992. The Morgan fingerprint density at radius 2 is 2.12 bits per heavy atom. The molecule has 1 aromatic carbocycles. The Morgan fingerprint density at radius 3 is 2.62 bits per heavy atom. The molecule has 0 bridgehead atoms. The lowest BCUT2D eigenvalue weighted by Gasteiger charge is -2.09. The van der Waals surface area contributed by atoms with Gasteiger partial charge in [-0.1, -0.05) is 12.2 Å². The van der Waals surface area contributed by atoms with Gasteiger partial charge in [-0.15, -0.1) is 0 Å². The summed E-state index contributed by atoms with van der Waals surface area (Å²) in [7, 11) is 0. The van der Waals surface area contributed by atoms with Crippen LogP contribution in [0.5, 0.6) is 0 Å². The minimum absolute atomic E-state index is 0.0295. The van der Waals surface area contributed by atoms with Crippen LogP contribution in [0.15, 0.2) is 18.2 Å². The SMILES string of the molecule is CC=CCc1c(N)cc(F)c(C(N)=O)c1F. The van der Waals surface area contributed by atoms with Crippen LogP contribution in [0, 0.1) is 11.6 Å². The number of nitrogens with two attached hydrogens (primary N) is 2. The highest BCUT2D eigenvalue weighted by Gasteiger charge is 2.20. The Bertz CT molecular complexity index is 456. The molecule has 5 heteroatoms. The summed E-state index contributed by atoms with van der Waals surface area (Å²) >= 11 is 0. The molecule has 0 saturated carbocycles. The molecule has 1 rings (SSSR count). The molecular formula is C11H12F2N2O.